The number of fused-ring (bicyclic) bond motifs is 2. The molecule has 1 amide bonds. The van der Waals surface area contributed by atoms with Gasteiger partial charge in [-0.25, -0.2) is 14.6 Å². The van der Waals surface area contributed by atoms with Crippen molar-refractivity contribution in [3.8, 4) is 0 Å². The lowest BCUT2D eigenvalue weighted by Gasteiger charge is -2.18. The number of carbonyl (C=O) groups is 3. The summed E-state index contributed by atoms with van der Waals surface area (Å²) in [4.78, 5) is 43.1. The van der Waals surface area contributed by atoms with Crippen molar-refractivity contribution in [2.75, 3.05) is 12.4 Å². The monoisotopic (exact) mass is 456 g/mol. The van der Waals surface area contributed by atoms with Gasteiger partial charge in [-0.1, -0.05) is 13.8 Å². The predicted octanol–water partition coefficient (Wildman–Crippen LogP) is 4.37. The van der Waals surface area contributed by atoms with Crippen LogP contribution < -0.4 is 5.32 Å². The Labute approximate surface area is 188 Å². The molecule has 2 aromatic heterocycles. The van der Waals surface area contributed by atoms with E-state index in [1.54, 1.807) is 19.1 Å². The predicted molar refractivity (Wildman–Crippen MR) is 119 cm³/mol. The van der Waals surface area contributed by atoms with Crippen LogP contribution in [0.15, 0.2) is 29.0 Å². The second kappa shape index (κ2) is 9.12. The number of aromatic nitrogens is 1. The Morgan fingerprint density at radius 1 is 1.31 bits per heavy atom. The van der Waals surface area contributed by atoms with Crippen LogP contribution in [0.5, 0.6) is 0 Å². The molecule has 32 heavy (non-hydrogen) atoms. The number of benzene rings is 1. The number of esters is 2. The second-order valence-corrected chi connectivity index (χ2v) is 8.98. The lowest BCUT2D eigenvalue weighted by Crippen LogP contribution is -2.32. The molecule has 1 aliphatic carbocycles. The highest BCUT2D eigenvalue weighted by Gasteiger charge is 2.31. The number of ether oxygens (including phenoxy) is 2. The summed E-state index contributed by atoms with van der Waals surface area (Å²) in [5.74, 6) is -1.09. The first kappa shape index (κ1) is 22.0. The average molecular weight is 457 g/mol. The fourth-order valence-electron chi connectivity index (χ4n) is 3.85. The first-order valence-electron chi connectivity index (χ1n) is 10.5. The van der Waals surface area contributed by atoms with E-state index < -0.39 is 23.9 Å². The highest BCUT2D eigenvalue weighted by Crippen LogP contribution is 2.40. The van der Waals surface area contributed by atoms with E-state index in [0.29, 0.717) is 27.6 Å². The molecule has 8 nitrogen and oxygen atoms in total. The van der Waals surface area contributed by atoms with Gasteiger partial charge >= 0.3 is 11.9 Å². The summed E-state index contributed by atoms with van der Waals surface area (Å²) in [6.07, 6.45) is 3.16. The minimum Gasteiger partial charge on any atom is -0.465 e. The minimum atomic E-state index is -1.02. The van der Waals surface area contributed by atoms with E-state index in [0.717, 1.165) is 29.7 Å². The number of methoxy groups -OCH3 is 1. The molecule has 1 N–H and O–H groups in total. The lowest BCUT2D eigenvalue weighted by molar-refractivity contribution is -0.124. The van der Waals surface area contributed by atoms with Crippen LogP contribution in [-0.2, 0) is 27.1 Å². The third-order valence-corrected chi connectivity index (χ3v) is 6.79. The third kappa shape index (κ3) is 4.25. The van der Waals surface area contributed by atoms with Crippen LogP contribution in [0.4, 0.5) is 5.00 Å². The highest BCUT2D eigenvalue weighted by molar-refractivity contribution is 7.17. The smallest absolute Gasteiger partial charge is 0.341 e. The fraction of sp³-hybridized carbons (Fsp3) is 0.391. The van der Waals surface area contributed by atoms with Crippen LogP contribution in [-0.4, -0.2) is 36.0 Å². The number of rotatable bonds is 6. The molecule has 0 saturated heterocycles. The lowest BCUT2D eigenvalue weighted by atomic mass is 9.88. The summed E-state index contributed by atoms with van der Waals surface area (Å²) < 4.78 is 15.7. The van der Waals surface area contributed by atoms with Crippen molar-refractivity contribution in [2.45, 2.75) is 45.6 Å². The number of nitrogens with zero attached hydrogens (tertiary/aromatic N) is 1. The first-order valence-corrected chi connectivity index (χ1v) is 11.3. The van der Waals surface area contributed by atoms with Crippen molar-refractivity contribution in [3.63, 3.8) is 0 Å². The molecule has 0 fully saturated rings. The van der Waals surface area contributed by atoms with Crippen LogP contribution in [0.3, 0.4) is 0 Å². The molecular weight excluding hydrogens is 432 g/mol. The molecule has 4 rings (SSSR count). The maximum atomic E-state index is 13.0. The quantitative estimate of drug-likeness (QED) is 0.549. The molecule has 2 heterocycles. The van der Waals surface area contributed by atoms with Gasteiger partial charge in [-0.3, -0.25) is 4.79 Å². The van der Waals surface area contributed by atoms with Crippen molar-refractivity contribution < 1.29 is 28.3 Å². The van der Waals surface area contributed by atoms with Gasteiger partial charge in [-0.2, -0.15) is 0 Å². The summed E-state index contributed by atoms with van der Waals surface area (Å²) >= 11 is 1.39. The number of nitrogens with one attached hydrogen (secondary N) is 1. The maximum Gasteiger partial charge on any atom is 0.341 e. The fourth-order valence-corrected chi connectivity index (χ4v) is 5.25. The number of amides is 1. The van der Waals surface area contributed by atoms with E-state index in [1.807, 2.05) is 0 Å². The molecular formula is C23H24N2O6S. The van der Waals surface area contributed by atoms with Crippen LogP contribution >= 0.6 is 11.3 Å². The van der Waals surface area contributed by atoms with Gasteiger partial charge in [0, 0.05) is 4.88 Å². The van der Waals surface area contributed by atoms with E-state index in [-0.39, 0.29) is 12.0 Å². The Balaban J connectivity index is 1.53. The summed E-state index contributed by atoms with van der Waals surface area (Å²) in [7, 11) is 1.32. The number of thiophene rings is 1. The first-order chi connectivity index (χ1) is 15.4. The number of anilines is 1. The normalized spacial score (nSPS) is 16.3. The molecule has 3 aromatic rings. The summed E-state index contributed by atoms with van der Waals surface area (Å²) in [6, 6.07) is 4.75. The highest BCUT2D eigenvalue weighted by atomic mass is 32.1. The van der Waals surface area contributed by atoms with E-state index in [1.165, 1.54) is 30.9 Å². The molecule has 2 atom stereocenters. The molecule has 1 aliphatic rings. The van der Waals surface area contributed by atoms with Gasteiger partial charge < -0.3 is 19.2 Å². The van der Waals surface area contributed by atoms with E-state index in [4.69, 9.17) is 13.9 Å². The van der Waals surface area contributed by atoms with Crippen LogP contribution in [0.25, 0.3) is 11.1 Å². The van der Waals surface area contributed by atoms with Crippen molar-refractivity contribution >= 4 is 45.3 Å². The maximum absolute atomic E-state index is 13.0. The van der Waals surface area contributed by atoms with Gasteiger partial charge in [0.05, 0.1) is 18.2 Å². The van der Waals surface area contributed by atoms with Gasteiger partial charge in [-0.15, -0.1) is 11.3 Å². The second-order valence-electron chi connectivity index (χ2n) is 7.87. The number of hydrogen-bond donors (Lipinski definition) is 1. The molecule has 168 valence electrons. The number of hydrogen-bond acceptors (Lipinski definition) is 8. The van der Waals surface area contributed by atoms with Gasteiger partial charge in [-0.05, 0) is 55.4 Å². The standard InChI is InChI=1S/C23H24N2O6S/c1-4-16(31-22(27)13-6-8-15-17(10-13)30-11-24-15)20(26)25-21-19(23(28)29-3)14-7-5-12(2)9-18(14)32-21/h6,8,10-12,16H,4-5,7,9H2,1-3H3,(H,25,26). The average Bonchev–Trinajstić information content (AvgIpc) is 3.39. The Kier molecular flexibility index (Phi) is 6.27. The zero-order valence-corrected chi connectivity index (χ0v) is 18.9. The van der Waals surface area contributed by atoms with Gasteiger partial charge in [0.1, 0.15) is 10.5 Å². The number of carbonyl (C=O) groups excluding carboxylic acids is 3. The Bertz CT molecular complexity index is 1180. The zero-order valence-electron chi connectivity index (χ0n) is 18.1. The van der Waals surface area contributed by atoms with Gasteiger partial charge in [0.15, 0.2) is 18.1 Å². The molecule has 1 aromatic carbocycles. The third-order valence-electron chi connectivity index (χ3n) is 5.62. The zero-order chi connectivity index (χ0) is 22.8. The summed E-state index contributed by atoms with van der Waals surface area (Å²) in [5, 5.41) is 3.25. The van der Waals surface area contributed by atoms with E-state index >= 15 is 0 Å². The molecule has 0 spiro atoms. The van der Waals surface area contributed by atoms with Crippen molar-refractivity contribution in [2.24, 2.45) is 5.92 Å². The molecule has 2 unspecified atom stereocenters. The van der Waals surface area contributed by atoms with E-state index in [9.17, 15) is 14.4 Å². The van der Waals surface area contributed by atoms with Crippen molar-refractivity contribution in [3.05, 3.63) is 46.2 Å². The number of oxazole rings is 1. The SMILES string of the molecule is CCC(OC(=O)c1ccc2ncoc2c1)C(=O)Nc1sc2c(c1C(=O)OC)CCC(C)C2. The van der Waals surface area contributed by atoms with Crippen molar-refractivity contribution in [1.29, 1.82) is 0 Å². The van der Waals surface area contributed by atoms with Crippen LogP contribution in [0, 0.1) is 5.92 Å². The largest absolute Gasteiger partial charge is 0.465 e. The summed E-state index contributed by atoms with van der Waals surface area (Å²) in [5.41, 5.74) is 2.69. The Morgan fingerprint density at radius 2 is 2.12 bits per heavy atom. The topological polar surface area (TPSA) is 108 Å². The minimum absolute atomic E-state index is 0.260. The Hall–Kier alpha value is -3.20. The molecule has 0 saturated carbocycles. The van der Waals surface area contributed by atoms with Crippen molar-refractivity contribution in [1.82, 2.24) is 4.98 Å². The molecule has 0 radical (unpaired) electrons. The summed E-state index contributed by atoms with van der Waals surface area (Å²) in [6.45, 7) is 3.92. The molecule has 0 aliphatic heterocycles. The molecule has 9 heteroatoms. The van der Waals surface area contributed by atoms with Gasteiger partial charge in [0.25, 0.3) is 5.91 Å². The Morgan fingerprint density at radius 3 is 2.88 bits per heavy atom. The molecule has 0 bridgehead atoms. The van der Waals surface area contributed by atoms with Crippen LogP contribution in [0.1, 0.15) is 57.8 Å². The van der Waals surface area contributed by atoms with Gasteiger partial charge in [0.2, 0.25) is 0 Å². The van der Waals surface area contributed by atoms with Crippen LogP contribution in [0.2, 0.25) is 0 Å². The van der Waals surface area contributed by atoms with E-state index in [2.05, 4.69) is 17.2 Å².